The van der Waals surface area contributed by atoms with Gasteiger partial charge in [-0.1, -0.05) is 36.0 Å². The van der Waals surface area contributed by atoms with Gasteiger partial charge in [0.05, 0.1) is 35.2 Å². The third-order valence-electron chi connectivity index (χ3n) is 4.41. The average Bonchev–Trinajstić information content (AvgIpc) is 3.22. The second-order valence-corrected chi connectivity index (χ2v) is 7.21. The fourth-order valence-corrected chi connectivity index (χ4v) is 3.98. The van der Waals surface area contributed by atoms with Crippen LogP contribution in [0.15, 0.2) is 75.2 Å². The fraction of sp³-hybridized carbons (Fsp3) is 0.136. The monoisotopic (exact) mass is 424 g/mol. The number of benzene rings is 2. The van der Waals surface area contributed by atoms with Crippen LogP contribution >= 0.6 is 11.8 Å². The van der Waals surface area contributed by atoms with E-state index in [0.717, 1.165) is 0 Å². The van der Waals surface area contributed by atoms with Gasteiger partial charge >= 0.3 is 5.97 Å². The van der Waals surface area contributed by atoms with E-state index in [2.05, 4.69) is 4.98 Å². The molecule has 0 atom stereocenters. The highest BCUT2D eigenvalue weighted by Crippen LogP contribution is 2.27. The second kappa shape index (κ2) is 8.54. The molecule has 0 radical (unpaired) electrons. The van der Waals surface area contributed by atoms with Crippen LogP contribution in [-0.2, 0) is 10.5 Å². The van der Waals surface area contributed by atoms with Gasteiger partial charge in [-0.2, -0.15) is 0 Å². The van der Waals surface area contributed by atoms with Gasteiger partial charge in [0, 0.05) is 0 Å². The maximum Gasteiger partial charge on any atom is 0.341 e. The summed E-state index contributed by atoms with van der Waals surface area (Å²) in [5.41, 5.74) is 0.541. The van der Waals surface area contributed by atoms with Crippen LogP contribution in [0.25, 0.3) is 16.6 Å². The summed E-state index contributed by atoms with van der Waals surface area (Å²) in [5, 5.41) is 0.672. The normalized spacial score (nSPS) is 11.0. The Morgan fingerprint density at radius 3 is 2.73 bits per heavy atom. The number of halogens is 1. The molecule has 2 aromatic heterocycles. The second-order valence-electron chi connectivity index (χ2n) is 6.27. The Morgan fingerprint density at radius 2 is 1.93 bits per heavy atom. The molecule has 0 saturated carbocycles. The van der Waals surface area contributed by atoms with Crippen LogP contribution in [0.5, 0.6) is 0 Å². The Labute approximate surface area is 175 Å². The van der Waals surface area contributed by atoms with Crippen molar-refractivity contribution in [3.8, 4) is 5.69 Å². The topological polar surface area (TPSA) is 74.3 Å². The van der Waals surface area contributed by atoms with Crippen molar-refractivity contribution in [2.45, 2.75) is 17.8 Å². The van der Waals surface area contributed by atoms with Crippen molar-refractivity contribution in [3.63, 3.8) is 0 Å². The summed E-state index contributed by atoms with van der Waals surface area (Å²) in [4.78, 5) is 29.8. The Balaban J connectivity index is 1.79. The molecule has 2 aromatic carbocycles. The Bertz CT molecular complexity index is 1280. The third-order valence-corrected chi connectivity index (χ3v) is 5.35. The lowest BCUT2D eigenvalue weighted by molar-refractivity contribution is 0.0524. The van der Waals surface area contributed by atoms with Gasteiger partial charge in [0.25, 0.3) is 5.56 Å². The van der Waals surface area contributed by atoms with Crippen molar-refractivity contribution in [1.82, 2.24) is 9.55 Å². The summed E-state index contributed by atoms with van der Waals surface area (Å²) in [6.07, 6.45) is 1.40. The smallest absolute Gasteiger partial charge is 0.341 e. The van der Waals surface area contributed by atoms with E-state index in [-0.39, 0.29) is 28.8 Å². The Hall–Kier alpha value is -3.39. The molecule has 152 valence electrons. The molecule has 0 unspecified atom stereocenters. The average molecular weight is 424 g/mol. The van der Waals surface area contributed by atoms with Crippen LogP contribution < -0.4 is 5.56 Å². The molecule has 30 heavy (non-hydrogen) atoms. The zero-order chi connectivity index (χ0) is 21.1. The summed E-state index contributed by atoms with van der Waals surface area (Å²) >= 11 is 1.17. The number of carbonyl (C=O) groups is 1. The highest BCUT2D eigenvalue weighted by molar-refractivity contribution is 7.98. The molecule has 0 spiro atoms. The van der Waals surface area contributed by atoms with E-state index in [9.17, 15) is 14.0 Å². The zero-order valence-corrected chi connectivity index (χ0v) is 16.8. The van der Waals surface area contributed by atoms with Gasteiger partial charge in [0.1, 0.15) is 17.1 Å². The number of rotatable bonds is 6. The van der Waals surface area contributed by atoms with Crippen molar-refractivity contribution in [2.75, 3.05) is 6.61 Å². The van der Waals surface area contributed by atoms with Gasteiger partial charge in [-0.05, 0) is 37.3 Å². The van der Waals surface area contributed by atoms with Crippen LogP contribution in [0, 0.1) is 5.82 Å². The number of esters is 1. The molecule has 0 saturated heterocycles. The van der Waals surface area contributed by atoms with Gasteiger partial charge in [0.2, 0.25) is 0 Å². The van der Waals surface area contributed by atoms with Crippen LogP contribution in [0.4, 0.5) is 4.39 Å². The van der Waals surface area contributed by atoms with Gasteiger partial charge in [0.15, 0.2) is 5.16 Å². The van der Waals surface area contributed by atoms with Crippen molar-refractivity contribution in [2.24, 2.45) is 0 Å². The highest BCUT2D eigenvalue weighted by Gasteiger charge is 2.19. The van der Waals surface area contributed by atoms with E-state index in [1.807, 2.05) is 0 Å². The number of aromatic nitrogens is 2. The molecule has 2 heterocycles. The molecule has 0 bridgehead atoms. The van der Waals surface area contributed by atoms with E-state index in [4.69, 9.17) is 9.15 Å². The molecular formula is C22H17FN2O4S. The lowest BCUT2D eigenvalue weighted by Gasteiger charge is -2.13. The molecule has 4 rings (SSSR count). The number of hydrogen-bond donors (Lipinski definition) is 0. The first-order valence-corrected chi connectivity index (χ1v) is 10.2. The minimum atomic E-state index is -0.538. The molecule has 0 aliphatic rings. The minimum Gasteiger partial charge on any atom is -0.468 e. The van der Waals surface area contributed by atoms with E-state index in [1.165, 1.54) is 40.8 Å². The molecule has 0 amide bonds. The van der Waals surface area contributed by atoms with Gasteiger partial charge < -0.3 is 9.15 Å². The fourth-order valence-electron chi connectivity index (χ4n) is 3.03. The lowest BCUT2D eigenvalue weighted by Crippen LogP contribution is -2.22. The molecule has 0 N–H and O–H groups in total. The summed E-state index contributed by atoms with van der Waals surface area (Å²) in [7, 11) is 0. The molecule has 6 nitrogen and oxygen atoms in total. The van der Waals surface area contributed by atoms with E-state index in [0.29, 0.717) is 22.2 Å². The summed E-state index contributed by atoms with van der Waals surface area (Å²) in [6.45, 7) is 1.97. The first-order valence-electron chi connectivity index (χ1n) is 9.23. The van der Waals surface area contributed by atoms with Crippen molar-refractivity contribution >= 4 is 28.6 Å². The number of thioether (sulfide) groups is 1. The summed E-state index contributed by atoms with van der Waals surface area (Å²) in [5.74, 6) is -0.426. The molecule has 0 aliphatic heterocycles. The lowest BCUT2D eigenvalue weighted by atomic mass is 10.2. The van der Waals surface area contributed by atoms with E-state index < -0.39 is 11.8 Å². The number of carbonyl (C=O) groups excluding carboxylic acids is 1. The standard InChI is InChI=1S/C22H17FN2O4S/c1-2-28-21(27)15-11-12-29-19(15)13-30-22-24-17-9-5-3-7-14(17)20(26)25(22)18-10-6-4-8-16(18)23/h3-12H,2,13H2,1H3. The molecule has 4 aromatic rings. The largest absolute Gasteiger partial charge is 0.468 e. The van der Waals surface area contributed by atoms with Gasteiger partial charge in [-0.3, -0.25) is 9.36 Å². The Morgan fingerprint density at radius 1 is 1.17 bits per heavy atom. The van der Waals surface area contributed by atoms with Crippen LogP contribution in [0.1, 0.15) is 23.0 Å². The first-order chi connectivity index (χ1) is 14.6. The number of furan rings is 1. The molecule has 0 aliphatic carbocycles. The van der Waals surface area contributed by atoms with Crippen LogP contribution in [-0.4, -0.2) is 22.1 Å². The van der Waals surface area contributed by atoms with E-state index >= 15 is 0 Å². The first kappa shape index (κ1) is 19.9. The minimum absolute atomic E-state index is 0.105. The number of nitrogens with zero attached hydrogens (tertiary/aromatic N) is 2. The number of hydrogen-bond acceptors (Lipinski definition) is 6. The SMILES string of the molecule is CCOC(=O)c1ccoc1CSc1nc2ccccc2c(=O)n1-c1ccccc1F. The highest BCUT2D eigenvalue weighted by atomic mass is 32.2. The van der Waals surface area contributed by atoms with Crippen molar-refractivity contribution < 1.29 is 18.3 Å². The number of ether oxygens (including phenoxy) is 1. The third kappa shape index (κ3) is 3.73. The summed E-state index contributed by atoms with van der Waals surface area (Å²) in [6, 6.07) is 14.4. The predicted molar refractivity (Wildman–Crippen MR) is 112 cm³/mol. The summed E-state index contributed by atoms with van der Waals surface area (Å²) < 4.78 is 26.2. The maximum atomic E-state index is 14.5. The number of para-hydroxylation sites is 2. The maximum absolute atomic E-state index is 14.5. The van der Waals surface area contributed by atoms with Crippen LogP contribution in [0.3, 0.4) is 0 Å². The molecule has 0 fully saturated rings. The molecular weight excluding hydrogens is 407 g/mol. The van der Waals surface area contributed by atoms with Crippen molar-refractivity contribution in [1.29, 1.82) is 0 Å². The Kier molecular flexibility index (Phi) is 5.67. The van der Waals surface area contributed by atoms with Crippen molar-refractivity contribution in [3.05, 3.63) is 88.4 Å². The quantitative estimate of drug-likeness (QED) is 0.256. The van der Waals surface area contributed by atoms with Gasteiger partial charge in [-0.25, -0.2) is 14.2 Å². The van der Waals surface area contributed by atoms with Crippen LogP contribution in [0.2, 0.25) is 0 Å². The zero-order valence-electron chi connectivity index (χ0n) is 16.0. The molecule has 8 heteroatoms. The van der Waals surface area contributed by atoms with Gasteiger partial charge in [-0.15, -0.1) is 0 Å². The van der Waals surface area contributed by atoms with E-state index in [1.54, 1.807) is 43.3 Å². The number of fused-ring (bicyclic) bond motifs is 1. The predicted octanol–water partition coefficient (Wildman–Crippen LogP) is 4.59.